The highest BCUT2D eigenvalue weighted by Gasteiger charge is 2.18. The minimum Gasteiger partial charge on any atom is -0.493 e. The second-order valence-corrected chi connectivity index (χ2v) is 6.76. The molecule has 0 saturated heterocycles. The van der Waals surface area contributed by atoms with E-state index in [0.717, 1.165) is 21.5 Å². The van der Waals surface area contributed by atoms with Gasteiger partial charge in [-0.1, -0.05) is 11.6 Å². The molecule has 92 valence electrons. The van der Waals surface area contributed by atoms with Crippen LogP contribution in [-0.4, -0.2) is 12.4 Å². The summed E-state index contributed by atoms with van der Waals surface area (Å²) in [7, 11) is 0. The van der Waals surface area contributed by atoms with Gasteiger partial charge < -0.3 is 4.74 Å². The third-order valence-electron chi connectivity index (χ3n) is 2.82. The molecule has 1 aliphatic rings. The number of carbonyl (C=O) groups is 1. The summed E-state index contributed by atoms with van der Waals surface area (Å²) >= 11 is 10.6. The summed E-state index contributed by atoms with van der Waals surface area (Å²) in [6.45, 7) is 0.698. The molecule has 0 spiro atoms. The number of carbonyl (C=O) groups excluding carboxylic acids is 1. The fourth-order valence-corrected chi connectivity index (χ4v) is 3.59. The molecule has 2 nitrogen and oxygen atoms in total. The van der Waals surface area contributed by atoms with Crippen LogP contribution in [0.2, 0.25) is 5.02 Å². The number of halogens is 2. The van der Waals surface area contributed by atoms with Gasteiger partial charge in [-0.3, -0.25) is 4.79 Å². The molecule has 0 fully saturated rings. The van der Waals surface area contributed by atoms with E-state index in [1.54, 1.807) is 12.1 Å². The van der Waals surface area contributed by atoms with Gasteiger partial charge in [-0.05, 0) is 45.8 Å². The van der Waals surface area contributed by atoms with E-state index in [-0.39, 0.29) is 5.78 Å². The van der Waals surface area contributed by atoms with Crippen molar-refractivity contribution in [2.45, 2.75) is 6.42 Å². The van der Waals surface area contributed by atoms with Gasteiger partial charge in [-0.25, -0.2) is 0 Å². The Morgan fingerprint density at radius 2 is 2.22 bits per heavy atom. The van der Waals surface area contributed by atoms with E-state index in [0.29, 0.717) is 22.1 Å². The highest BCUT2D eigenvalue weighted by Crippen LogP contribution is 2.34. The summed E-state index contributed by atoms with van der Waals surface area (Å²) in [5.41, 5.74) is 1.78. The molecule has 2 aromatic rings. The summed E-state index contributed by atoms with van der Waals surface area (Å²) in [6.07, 6.45) is 0.866. The lowest BCUT2D eigenvalue weighted by Gasteiger charge is -2.01. The van der Waals surface area contributed by atoms with Crippen LogP contribution >= 0.6 is 38.9 Å². The fourth-order valence-electron chi connectivity index (χ4n) is 1.93. The molecule has 0 amide bonds. The molecule has 0 unspecified atom stereocenters. The number of hydrogen-bond acceptors (Lipinski definition) is 3. The first-order valence-corrected chi connectivity index (χ1v) is 7.39. The highest BCUT2D eigenvalue weighted by molar-refractivity contribution is 9.11. The smallest absolute Gasteiger partial charge is 0.203 e. The largest absolute Gasteiger partial charge is 0.493 e. The first-order chi connectivity index (χ1) is 8.65. The van der Waals surface area contributed by atoms with Gasteiger partial charge >= 0.3 is 0 Å². The molecular formula is C13H8BrClO2S. The van der Waals surface area contributed by atoms with E-state index in [2.05, 4.69) is 15.9 Å². The molecule has 18 heavy (non-hydrogen) atoms. The van der Waals surface area contributed by atoms with Crippen LogP contribution in [0, 0.1) is 0 Å². The van der Waals surface area contributed by atoms with E-state index in [1.165, 1.54) is 11.3 Å². The maximum absolute atomic E-state index is 12.3. The van der Waals surface area contributed by atoms with Gasteiger partial charge in [-0.2, -0.15) is 0 Å². The Labute approximate surface area is 122 Å². The Kier molecular flexibility index (Phi) is 3.18. The minimum atomic E-state index is 0.00213. The van der Waals surface area contributed by atoms with Crippen molar-refractivity contribution in [2.24, 2.45) is 0 Å². The van der Waals surface area contributed by atoms with E-state index in [1.807, 2.05) is 12.1 Å². The van der Waals surface area contributed by atoms with Crippen LogP contribution in [0.3, 0.4) is 0 Å². The number of ketones is 1. The van der Waals surface area contributed by atoms with Crippen molar-refractivity contribution in [2.75, 3.05) is 6.61 Å². The summed E-state index contributed by atoms with van der Waals surface area (Å²) in [6, 6.07) is 7.27. The monoisotopic (exact) mass is 342 g/mol. The third-order valence-corrected chi connectivity index (χ3v) is 5.29. The molecule has 0 bridgehead atoms. The van der Waals surface area contributed by atoms with Crippen LogP contribution in [0.5, 0.6) is 5.75 Å². The van der Waals surface area contributed by atoms with Crippen molar-refractivity contribution < 1.29 is 9.53 Å². The molecule has 0 N–H and O–H groups in total. The number of ether oxygens (including phenoxy) is 1. The van der Waals surface area contributed by atoms with Gasteiger partial charge in [0, 0.05) is 12.0 Å². The number of thiophene rings is 1. The van der Waals surface area contributed by atoms with E-state index in [4.69, 9.17) is 16.3 Å². The number of hydrogen-bond donors (Lipinski definition) is 0. The molecule has 0 radical (unpaired) electrons. The second kappa shape index (κ2) is 4.68. The van der Waals surface area contributed by atoms with E-state index < -0.39 is 0 Å². The van der Waals surface area contributed by atoms with Gasteiger partial charge in [0.05, 0.1) is 20.3 Å². The van der Waals surface area contributed by atoms with Crippen LogP contribution < -0.4 is 4.74 Å². The van der Waals surface area contributed by atoms with Crippen molar-refractivity contribution >= 4 is 44.7 Å². The predicted molar refractivity (Wildman–Crippen MR) is 76.1 cm³/mol. The molecule has 1 aromatic carbocycles. The second-order valence-electron chi connectivity index (χ2n) is 3.98. The van der Waals surface area contributed by atoms with E-state index >= 15 is 0 Å². The average molecular weight is 344 g/mol. The van der Waals surface area contributed by atoms with Gasteiger partial charge in [0.1, 0.15) is 5.75 Å². The molecule has 0 aliphatic carbocycles. The number of rotatable bonds is 2. The average Bonchev–Trinajstić information content (AvgIpc) is 2.95. The molecule has 0 saturated carbocycles. The number of benzene rings is 1. The SMILES string of the molecule is O=C(c1ccc2c(c1)CCO2)c1cc(Cl)c(Br)s1. The van der Waals surface area contributed by atoms with Crippen LogP contribution in [0.15, 0.2) is 28.1 Å². The first kappa shape index (κ1) is 12.2. The van der Waals surface area contributed by atoms with E-state index in [9.17, 15) is 4.79 Å². The maximum Gasteiger partial charge on any atom is 0.203 e. The van der Waals surface area contributed by atoms with Crippen LogP contribution in [0.25, 0.3) is 0 Å². The molecule has 1 aliphatic heterocycles. The Bertz CT molecular complexity index is 616. The van der Waals surface area contributed by atoms with Crippen molar-refractivity contribution in [3.8, 4) is 5.75 Å². The Morgan fingerprint density at radius 3 is 2.94 bits per heavy atom. The maximum atomic E-state index is 12.3. The van der Waals surface area contributed by atoms with Crippen molar-refractivity contribution in [3.05, 3.63) is 49.1 Å². The Morgan fingerprint density at radius 1 is 1.39 bits per heavy atom. The van der Waals surface area contributed by atoms with Crippen LogP contribution in [-0.2, 0) is 6.42 Å². The van der Waals surface area contributed by atoms with Gasteiger partial charge in [0.25, 0.3) is 0 Å². The zero-order valence-electron chi connectivity index (χ0n) is 9.20. The number of fused-ring (bicyclic) bond motifs is 1. The molecule has 0 atom stereocenters. The highest BCUT2D eigenvalue weighted by atomic mass is 79.9. The molecule has 5 heteroatoms. The van der Waals surface area contributed by atoms with Crippen LogP contribution in [0.4, 0.5) is 0 Å². The Hall–Kier alpha value is -0.840. The van der Waals surface area contributed by atoms with Crippen LogP contribution in [0.1, 0.15) is 20.8 Å². The zero-order chi connectivity index (χ0) is 12.7. The lowest BCUT2D eigenvalue weighted by atomic mass is 10.0. The van der Waals surface area contributed by atoms with Gasteiger partial charge in [0.2, 0.25) is 5.78 Å². The summed E-state index contributed by atoms with van der Waals surface area (Å²) in [4.78, 5) is 12.9. The van der Waals surface area contributed by atoms with Gasteiger partial charge in [0.15, 0.2) is 0 Å². The first-order valence-electron chi connectivity index (χ1n) is 5.40. The molecule has 2 heterocycles. The van der Waals surface area contributed by atoms with Gasteiger partial charge in [-0.15, -0.1) is 11.3 Å². The zero-order valence-corrected chi connectivity index (χ0v) is 12.4. The Balaban J connectivity index is 1.97. The predicted octanol–water partition coefficient (Wildman–Crippen LogP) is 4.33. The molecule has 3 rings (SSSR count). The third kappa shape index (κ3) is 2.09. The quantitative estimate of drug-likeness (QED) is 0.759. The lowest BCUT2D eigenvalue weighted by Crippen LogP contribution is -1.98. The van der Waals surface area contributed by atoms with Crippen molar-refractivity contribution in [1.29, 1.82) is 0 Å². The van der Waals surface area contributed by atoms with Crippen molar-refractivity contribution in [1.82, 2.24) is 0 Å². The van der Waals surface area contributed by atoms with Crippen molar-refractivity contribution in [3.63, 3.8) is 0 Å². The minimum absolute atomic E-state index is 0.00213. The topological polar surface area (TPSA) is 26.3 Å². The lowest BCUT2D eigenvalue weighted by molar-refractivity contribution is 0.104. The summed E-state index contributed by atoms with van der Waals surface area (Å²) in [5, 5.41) is 0.577. The normalized spacial score (nSPS) is 13.2. The molecule has 1 aromatic heterocycles. The summed E-state index contributed by atoms with van der Waals surface area (Å²) < 4.78 is 6.21. The standard InChI is InChI=1S/C13H8BrClO2S/c14-13-9(15)6-11(18-13)12(16)8-1-2-10-7(5-8)3-4-17-10/h1-2,5-6H,3-4H2. The fraction of sp³-hybridized carbons (Fsp3) is 0.154. The molecular weight excluding hydrogens is 336 g/mol. The summed E-state index contributed by atoms with van der Waals surface area (Å²) in [5.74, 6) is 0.888.